The van der Waals surface area contributed by atoms with Crippen molar-refractivity contribution in [3.8, 4) is 0 Å². The summed E-state index contributed by atoms with van der Waals surface area (Å²) in [5, 5.41) is 0. The van der Waals surface area contributed by atoms with E-state index in [0.29, 0.717) is 14.9 Å². The van der Waals surface area contributed by atoms with E-state index in [1.165, 1.54) is 24.0 Å². The lowest BCUT2D eigenvalue weighted by Gasteiger charge is -2.30. The molecule has 0 radical (unpaired) electrons. The highest BCUT2D eigenvalue weighted by molar-refractivity contribution is 14.1. The fourth-order valence-electron chi connectivity index (χ4n) is 4.99. The highest BCUT2D eigenvalue weighted by Gasteiger charge is 2.32. The minimum Gasteiger partial charge on any atom is -0.465 e. The molecule has 1 aromatic heterocycles. The Bertz CT molecular complexity index is 1730. The van der Waals surface area contributed by atoms with Gasteiger partial charge in [-0.25, -0.2) is 9.79 Å². The van der Waals surface area contributed by atoms with E-state index in [4.69, 9.17) is 9.73 Å². The topological polar surface area (TPSA) is 60.7 Å². The molecule has 0 amide bonds. The van der Waals surface area contributed by atoms with Crippen molar-refractivity contribution in [2.24, 2.45) is 4.99 Å². The van der Waals surface area contributed by atoms with Crippen molar-refractivity contribution in [2.45, 2.75) is 18.9 Å². The van der Waals surface area contributed by atoms with Gasteiger partial charge in [-0.1, -0.05) is 59.9 Å². The van der Waals surface area contributed by atoms with Gasteiger partial charge in [0.2, 0.25) is 0 Å². The first-order valence-electron chi connectivity index (χ1n) is 11.6. The van der Waals surface area contributed by atoms with E-state index >= 15 is 0 Å². The molecule has 5 nitrogen and oxygen atoms in total. The molecule has 0 spiro atoms. The summed E-state index contributed by atoms with van der Waals surface area (Å²) in [4.78, 5) is 31.6. The summed E-state index contributed by atoms with van der Waals surface area (Å²) in [7, 11) is 1.37. The molecule has 2 aliphatic rings. The summed E-state index contributed by atoms with van der Waals surface area (Å²) in [6, 6.07) is 23.5. The van der Waals surface area contributed by atoms with E-state index in [1.807, 2.05) is 47.0 Å². The van der Waals surface area contributed by atoms with Crippen molar-refractivity contribution >= 4 is 51.7 Å². The maximum absolute atomic E-state index is 13.8. The van der Waals surface area contributed by atoms with E-state index in [0.717, 1.165) is 44.4 Å². The van der Waals surface area contributed by atoms with Crippen LogP contribution in [0.15, 0.2) is 88.2 Å². The molecule has 4 aromatic rings. The molecule has 7 heteroatoms. The lowest BCUT2D eigenvalue weighted by atomic mass is 9.83. The number of hydrogen-bond acceptors (Lipinski definition) is 5. The van der Waals surface area contributed by atoms with Crippen molar-refractivity contribution in [1.82, 2.24) is 4.57 Å². The zero-order valence-electron chi connectivity index (χ0n) is 19.4. The summed E-state index contributed by atoms with van der Waals surface area (Å²) in [5.41, 5.74) is 6.86. The van der Waals surface area contributed by atoms with Crippen LogP contribution in [0.2, 0.25) is 0 Å². The van der Waals surface area contributed by atoms with E-state index < -0.39 is 0 Å². The van der Waals surface area contributed by atoms with Crippen LogP contribution in [0.5, 0.6) is 0 Å². The molecule has 1 aliphatic heterocycles. The van der Waals surface area contributed by atoms with Crippen LogP contribution in [0.25, 0.3) is 11.8 Å². The minimum atomic E-state index is -0.380. The quantitative estimate of drug-likeness (QED) is 0.252. The number of carbonyl (C=O) groups is 1. The highest BCUT2D eigenvalue weighted by Crippen LogP contribution is 2.41. The van der Waals surface area contributed by atoms with Gasteiger partial charge in [-0.3, -0.25) is 9.36 Å². The Labute approximate surface area is 225 Å². The Balaban J connectivity index is 1.59. The van der Waals surface area contributed by atoms with Gasteiger partial charge in [-0.15, -0.1) is 0 Å². The summed E-state index contributed by atoms with van der Waals surface area (Å²) < 4.78 is 8.46. The van der Waals surface area contributed by atoms with Crippen molar-refractivity contribution in [2.75, 3.05) is 7.11 Å². The third kappa shape index (κ3) is 3.96. The number of allylic oxidation sites excluding steroid dienone is 1. The SMILES string of the molecule is COC(=O)c1ccc(C2C3=C(N=c4sc(=Cc5cccc(I)c5)c(=O)n42)c2ccccc2CC3)cc1. The Morgan fingerprint density at radius 3 is 2.67 bits per heavy atom. The summed E-state index contributed by atoms with van der Waals surface area (Å²) in [6.07, 6.45) is 3.66. The standard InChI is InChI=1S/C29H21IN2O3S/c1-35-28(34)20-11-9-19(10-12-20)26-23-14-13-18-6-2-3-8-22(18)25(23)31-29-32(26)27(33)24(36-29)16-17-5-4-7-21(30)15-17/h2-12,15-16,26H,13-14H2,1H3. The Kier molecular flexibility index (Phi) is 5.97. The smallest absolute Gasteiger partial charge is 0.337 e. The van der Waals surface area contributed by atoms with Crippen LogP contribution in [0.3, 0.4) is 0 Å². The monoisotopic (exact) mass is 604 g/mol. The van der Waals surface area contributed by atoms with Crippen LogP contribution in [-0.2, 0) is 11.2 Å². The number of benzene rings is 3. The highest BCUT2D eigenvalue weighted by atomic mass is 127. The molecule has 0 bridgehead atoms. The second-order valence-corrected chi connectivity index (χ2v) is 11.0. The Morgan fingerprint density at radius 1 is 1.08 bits per heavy atom. The van der Waals surface area contributed by atoms with E-state index in [9.17, 15) is 9.59 Å². The number of aryl methyl sites for hydroxylation is 1. The zero-order chi connectivity index (χ0) is 24.8. The minimum absolute atomic E-state index is 0.0509. The van der Waals surface area contributed by atoms with Crippen LogP contribution in [0.1, 0.15) is 45.1 Å². The molecule has 0 fully saturated rings. The van der Waals surface area contributed by atoms with Gasteiger partial charge in [0.25, 0.3) is 5.56 Å². The van der Waals surface area contributed by atoms with Gasteiger partial charge in [-0.05, 0) is 88.0 Å². The number of aromatic nitrogens is 1. The molecule has 6 rings (SSSR count). The number of esters is 1. The van der Waals surface area contributed by atoms with Gasteiger partial charge >= 0.3 is 5.97 Å². The summed E-state index contributed by atoms with van der Waals surface area (Å²) in [5.74, 6) is -0.380. The molecule has 0 saturated carbocycles. The van der Waals surface area contributed by atoms with Gasteiger partial charge in [0.1, 0.15) is 0 Å². The van der Waals surface area contributed by atoms with Crippen molar-refractivity contribution in [1.29, 1.82) is 0 Å². The fourth-order valence-corrected chi connectivity index (χ4v) is 6.56. The number of fused-ring (bicyclic) bond motifs is 3. The van der Waals surface area contributed by atoms with Gasteiger partial charge < -0.3 is 4.74 Å². The first-order valence-corrected chi connectivity index (χ1v) is 13.5. The normalized spacial score (nSPS) is 16.6. The Morgan fingerprint density at radius 2 is 1.89 bits per heavy atom. The van der Waals surface area contributed by atoms with Gasteiger partial charge in [0, 0.05) is 9.13 Å². The third-order valence-electron chi connectivity index (χ3n) is 6.67. The van der Waals surface area contributed by atoms with Gasteiger partial charge in [-0.2, -0.15) is 0 Å². The molecule has 2 heterocycles. The predicted octanol–water partition coefficient (Wildman–Crippen LogP) is 4.71. The number of ether oxygens (including phenoxy) is 1. The maximum Gasteiger partial charge on any atom is 0.337 e. The van der Waals surface area contributed by atoms with Crippen molar-refractivity contribution in [3.63, 3.8) is 0 Å². The first kappa shape index (κ1) is 23.1. The molecule has 1 aliphatic carbocycles. The van der Waals surface area contributed by atoms with Crippen LogP contribution in [-0.4, -0.2) is 17.6 Å². The second-order valence-electron chi connectivity index (χ2n) is 8.78. The van der Waals surface area contributed by atoms with Crippen LogP contribution in [0, 0.1) is 3.57 Å². The average Bonchev–Trinajstić information content (AvgIpc) is 3.21. The number of nitrogens with zero attached hydrogens (tertiary/aromatic N) is 2. The van der Waals surface area contributed by atoms with Crippen LogP contribution < -0.4 is 14.9 Å². The number of thiazole rings is 1. The number of rotatable bonds is 3. The molecule has 1 atom stereocenters. The molecule has 3 aromatic carbocycles. The predicted molar refractivity (Wildman–Crippen MR) is 150 cm³/mol. The number of methoxy groups -OCH3 is 1. The van der Waals surface area contributed by atoms with Crippen LogP contribution >= 0.6 is 33.9 Å². The van der Waals surface area contributed by atoms with Crippen molar-refractivity contribution in [3.05, 3.63) is 129 Å². The fraction of sp³-hybridized carbons (Fsp3) is 0.138. The first-order chi connectivity index (χ1) is 17.5. The molecule has 178 valence electrons. The number of halogens is 1. The molecule has 36 heavy (non-hydrogen) atoms. The van der Waals surface area contributed by atoms with Crippen LogP contribution in [0.4, 0.5) is 0 Å². The molecular weight excluding hydrogens is 583 g/mol. The van der Waals surface area contributed by atoms with E-state index in [-0.39, 0.29) is 17.6 Å². The lowest BCUT2D eigenvalue weighted by molar-refractivity contribution is 0.0600. The number of hydrogen-bond donors (Lipinski definition) is 0. The van der Waals surface area contributed by atoms with Crippen molar-refractivity contribution < 1.29 is 9.53 Å². The lowest BCUT2D eigenvalue weighted by Crippen LogP contribution is -2.38. The average molecular weight is 604 g/mol. The second kappa shape index (κ2) is 9.29. The number of carbonyl (C=O) groups excluding carboxylic acids is 1. The molecule has 0 saturated heterocycles. The molecule has 0 N–H and O–H groups in total. The summed E-state index contributed by atoms with van der Waals surface area (Å²) in [6.45, 7) is 0. The largest absolute Gasteiger partial charge is 0.465 e. The zero-order valence-corrected chi connectivity index (χ0v) is 22.4. The van der Waals surface area contributed by atoms with E-state index in [2.05, 4.69) is 46.9 Å². The maximum atomic E-state index is 13.8. The third-order valence-corrected chi connectivity index (χ3v) is 8.32. The van der Waals surface area contributed by atoms with Gasteiger partial charge in [0.05, 0.1) is 28.9 Å². The van der Waals surface area contributed by atoms with Gasteiger partial charge in [0.15, 0.2) is 4.80 Å². The molecule has 1 unspecified atom stereocenters. The van der Waals surface area contributed by atoms with E-state index in [1.54, 1.807) is 12.1 Å². The summed E-state index contributed by atoms with van der Waals surface area (Å²) >= 11 is 3.70. The Hall–Kier alpha value is -3.30. The molecular formula is C29H21IN2O3S.